The van der Waals surface area contributed by atoms with Crippen LogP contribution >= 0.6 is 12.4 Å². The van der Waals surface area contributed by atoms with E-state index in [9.17, 15) is 4.39 Å². The maximum atomic E-state index is 12.3. The van der Waals surface area contributed by atoms with Gasteiger partial charge in [-0.15, -0.1) is 12.4 Å². The molecule has 6 heteroatoms. The monoisotopic (exact) mass is 299 g/mol. The number of aryl methyl sites for hydroxylation is 1. The van der Waals surface area contributed by atoms with Gasteiger partial charge in [0, 0.05) is 24.8 Å². The summed E-state index contributed by atoms with van der Waals surface area (Å²) in [6, 6.07) is 9.77. The number of methoxy groups -OCH3 is 1. The molecule has 0 saturated carbocycles. The summed E-state index contributed by atoms with van der Waals surface area (Å²) >= 11 is 0. The molecular formula is C14H19ClFN3O. The van der Waals surface area contributed by atoms with E-state index in [2.05, 4.69) is 10.4 Å². The molecule has 0 radical (unpaired) electrons. The van der Waals surface area contributed by atoms with Crippen LogP contribution in [0.4, 0.5) is 4.39 Å². The largest absolute Gasteiger partial charge is 0.496 e. The Hall–Kier alpha value is -1.59. The van der Waals surface area contributed by atoms with Crippen molar-refractivity contribution in [1.29, 1.82) is 0 Å². The van der Waals surface area contributed by atoms with Gasteiger partial charge in [-0.1, -0.05) is 18.2 Å². The highest BCUT2D eigenvalue weighted by Crippen LogP contribution is 2.16. The summed E-state index contributed by atoms with van der Waals surface area (Å²) in [5, 5.41) is 7.39. The Labute approximate surface area is 124 Å². The molecule has 1 N–H and O–H groups in total. The maximum Gasteiger partial charge on any atom is 0.123 e. The lowest BCUT2D eigenvalue weighted by Crippen LogP contribution is -2.17. The van der Waals surface area contributed by atoms with Crippen LogP contribution in [0.3, 0.4) is 0 Å². The van der Waals surface area contributed by atoms with Crippen molar-refractivity contribution in [3.63, 3.8) is 0 Å². The molecule has 0 amide bonds. The highest BCUT2D eigenvalue weighted by molar-refractivity contribution is 5.85. The summed E-state index contributed by atoms with van der Waals surface area (Å²) in [7, 11) is 1.66. The van der Waals surface area contributed by atoms with Crippen LogP contribution in [0.15, 0.2) is 36.5 Å². The number of ether oxygens (including phenoxy) is 1. The van der Waals surface area contributed by atoms with E-state index in [4.69, 9.17) is 4.74 Å². The number of nitrogens with zero attached hydrogens (tertiary/aromatic N) is 2. The predicted molar refractivity (Wildman–Crippen MR) is 79.0 cm³/mol. The van der Waals surface area contributed by atoms with Gasteiger partial charge in [0.2, 0.25) is 0 Å². The lowest BCUT2D eigenvalue weighted by molar-refractivity contribution is 0.405. The average Bonchev–Trinajstić information content (AvgIpc) is 2.87. The smallest absolute Gasteiger partial charge is 0.123 e. The summed E-state index contributed by atoms with van der Waals surface area (Å²) in [6.45, 7) is 1.25. The number of para-hydroxylation sites is 1. The molecule has 0 spiro atoms. The topological polar surface area (TPSA) is 39.1 Å². The van der Waals surface area contributed by atoms with Crippen molar-refractivity contribution in [2.75, 3.05) is 13.8 Å². The highest BCUT2D eigenvalue weighted by atomic mass is 35.5. The van der Waals surface area contributed by atoms with E-state index in [1.54, 1.807) is 18.0 Å². The van der Waals surface area contributed by atoms with Gasteiger partial charge in [0.25, 0.3) is 0 Å². The van der Waals surface area contributed by atoms with Crippen molar-refractivity contribution >= 4 is 12.4 Å². The van der Waals surface area contributed by atoms with Gasteiger partial charge in [0.05, 0.1) is 19.3 Å². The van der Waals surface area contributed by atoms with E-state index < -0.39 is 6.67 Å². The first-order valence-corrected chi connectivity index (χ1v) is 6.24. The second-order valence-corrected chi connectivity index (χ2v) is 4.15. The number of aromatic nitrogens is 2. The molecule has 110 valence electrons. The van der Waals surface area contributed by atoms with E-state index in [1.807, 2.05) is 30.3 Å². The number of hydrogen-bond acceptors (Lipinski definition) is 3. The van der Waals surface area contributed by atoms with Crippen LogP contribution in [0, 0.1) is 0 Å². The van der Waals surface area contributed by atoms with E-state index >= 15 is 0 Å². The van der Waals surface area contributed by atoms with E-state index in [1.165, 1.54) is 0 Å². The van der Waals surface area contributed by atoms with Gasteiger partial charge in [0.15, 0.2) is 0 Å². The standard InChI is InChI=1S/C14H18FN3O.ClH/c1-19-14-5-3-2-4-12(14)10-16-11-13-6-8-17-18(13)9-7-15;/h2-6,8,16H,7,9-11H2,1H3;1H. The minimum Gasteiger partial charge on any atom is -0.496 e. The minimum atomic E-state index is -0.402. The van der Waals surface area contributed by atoms with Crippen LogP contribution in [-0.2, 0) is 19.6 Å². The Morgan fingerprint density at radius 2 is 2.05 bits per heavy atom. The van der Waals surface area contributed by atoms with Gasteiger partial charge in [-0.2, -0.15) is 5.10 Å². The van der Waals surface area contributed by atoms with Crippen LogP contribution in [0.25, 0.3) is 0 Å². The zero-order valence-corrected chi connectivity index (χ0v) is 12.2. The number of alkyl halides is 1. The normalized spacial score (nSPS) is 10.1. The van der Waals surface area contributed by atoms with Crippen LogP contribution in [0.5, 0.6) is 5.75 Å². The van der Waals surface area contributed by atoms with Crippen molar-refractivity contribution in [2.45, 2.75) is 19.6 Å². The molecule has 4 nitrogen and oxygen atoms in total. The SMILES string of the molecule is COc1ccccc1CNCc1ccnn1CCF.Cl. The third kappa shape index (κ3) is 4.21. The molecule has 0 atom stereocenters. The van der Waals surface area contributed by atoms with Crippen LogP contribution in [0.2, 0.25) is 0 Å². The fraction of sp³-hybridized carbons (Fsp3) is 0.357. The Morgan fingerprint density at radius 3 is 2.80 bits per heavy atom. The first kappa shape index (κ1) is 16.5. The molecule has 0 aliphatic carbocycles. The first-order chi connectivity index (χ1) is 9.35. The summed E-state index contributed by atoms with van der Waals surface area (Å²) < 4.78 is 19.3. The zero-order valence-electron chi connectivity index (χ0n) is 11.4. The molecule has 1 aromatic heterocycles. The molecule has 0 fully saturated rings. The molecular weight excluding hydrogens is 281 g/mol. The van der Waals surface area contributed by atoms with Gasteiger partial charge in [0.1, 0.15) is 12.4 Å². The van der Waals surface area contributed by atoms with Crippen molar-refractivity contribution in [3.05, 3.63) is 47.8 Å². The number of hydrogen-bond donors (Lipinski definition) is 1. The third-order valence-electron chi connectivity index (χ3n) is 2.91. The van der Waals surface area contributed by atoms with Crippen LogP contribution in [0.1, 0.15) is 11.3 Å². The molecule has 2 rings (SSSR count). The fourth-order valence-electron chi connectivity index (χ4n) is 1.97. The minimum absolute atomic E-state index is 0. The third-order valence-corrected chi connectivity index (χ3v) is 2.91. The number of halogens is 2. The Balaban J connectivity index is 0.00000200. The number of rotatable bonds is 7. The van der Waals surface area contributed by atoms with E-state index in [0.29, 0.717) is 19.6 Å². The lowest BCUT2D eigenvalue weighted by atomic mass is 10.2. The zero-order chi connectivity index (χ0) is 13.5. The van der Waals surface area contributed by atoms with Crippen molar-refractivity contribution in [3.8, 4) is 5.75 Å². The average molecular weight is 300 g/mol. The number of benzene rings is 1. The van der Waals surface area contributed by atoms with E-state index in [-0.39, 0.29) is 12.4 Å². The summed E-state index contributed by atoms with van der Waals surface area (Å²) in [6.07, 6.45) is 1.69. The Morgan fingerprint density at radius 1 is 1.25 bits per heavy atom. The van der Waals surface area contributed by atoms with Crippen LogP contribution < -0.4 is 10.1 Å². The molecule has 0 aliphatic heterocycles. The number of nitrogens with one attached hydrogen (secondary N) is 1. The van der Waals surface area contributed by atoms with Gasteiger partial charge in [-0.3, -0.25) is 4.68 Å². The van der Waals surface area contributed by atoms with Gasteiger partial charge in [-0.05, 0) is 12.1 Å². The maximum absolute atomic E-state index is 12.3. The van der Waals surface area contributed by atoms with E-state index in [0.717, 1.165) is 17.0 Å². The second kappa shape index (κ2) is 8.55. The van der Waals surface area contributed by atoms with Crippen LogP contribution in [-0.4, -0.2) is 23.6 Å². The van der Waals surface area contributed by atoms with Gasteiger partial charge < -0.3 is 10.1 Å². The quantitative estimate of drug-likeness (QED) is 0.854. The fourth-order valence-corrected chi connectivity index (χ4v) is 1.97. The molecule has 20 heavy (non-hydrogen) atoms. The molecule has 0 aliphatic rings. The molecule has 2 aromatic rings. The van der Waals surface area contributed by atoms with Crippen molar-refractivity contribution in [2.24, 2.45) is 0 Å². The predicted octanol–water partition coefficient (Wildman–Crippen LogP) is 2.57. The van der Waals surface area contributed by atoms with Crippen molar-refractivity contribution in [1.82, 2.24) is 15.1 Å². The Bertz CT molecular complexity index is 519. The van der Waals surface area contributed by atoms with Crippen molar-refractivity contribution < 1.29 is 9.13 Å². The summed E-state index contributed by atoms with van der Waals surface area (Å²) in [4.78, 5) is 0. The lowest BCUT2D eigenvalue weighted by Gasteiger charge is -2.10. The molecule has 0 bridgehead atoms. The van der Waals surface area contributed by atoms with Gasteiger partial charge in [-0.25, -0.2) is 4.39 Å². The summed E-state index contributed by atoms with van der Waals surface area (Å²) in [5.41, 5.74) is 2.08. The highest BCUT2D eigenvalue weighted by Gasteiger charge is 2.04. The summed E-state index contributed by atoms with van der Waals surface area (Å²) in [5.74, 6) is 0.868. The molecule has 1 heterocycles. The molecule has 0 saturated heterocycles. The Kier molecular flexibility index (Phi) is 7.04. The molecule has 0 unspecified atom stereocenters. The first-order valence-electron chi connectivity index (χ1n) is 6.24. The molecule has 1 aromatic carbocycles. The second-order valence-electron chi connectivity index (χ2n) is 4.15. The van der Waals surface area contributed by atoms with Gasteiger partial charge >= 0.3 is 0 Å².